The molecule has 0 aliphatic carbocycles. The number of likely N-dealkylation sites (tertiary alicyclic amines) is 1. The predicted octanol–water partition coefficient (Wildman–Crippen LogP) is 1.07. The van der Waals surface area contributed by atoms with E-state index < -0.39 is 23.8 Å². The molecule has 26 heavy (non-hydrogen) atoms. The molecule has 1 N–H and O–H groups in total. The van der Waals surface area contributed by atoms with Gasteiger partial charge in [-0.05, 0) is 50.0 Å². The van der Waals surface area contributed by atoms with Gasteiger partial charge in [-0.3, -0.25) is 34.3 Å². The molecule has 0 radical (unpaired) electrons. The third kappa shape index (κ3) is 2.92. The summed E-state index contributed by atoms with van der Waals surface area (Å²) in [6.45, 7) is 2.85. The van der Waals surface area contributed by atoms with E-state index in [1.54, 1.807) is 12.1 Å². The lowest BCUT2D eigenvalue weighted by molar-refractivity contribution is -0.136. The van der Waals surface area contributed by atoms with Gasteiger partial charge < -0.3 is 0 Å². The molecule has 3 heterocycles. The molecule has 0 bridgehead atoms. The molecule has 2 saturated heterocycles. The number of benzene rings is 1. The molecule has 2 fully saturated rings. The van der Waals surface area contributed by atoms with Crippen molar-refractivity contribution in [1.82, 2.24) is 15.1 Å². The monoisotopic (exact) mass is 355 g/mol. The zero-order chi connectivity index (χ0) is 18.3. The van der Waals surface area contributed by atoms with E-state index in [1.807, 2.05) is 6.07 Å². The van der Waals surface area contributed by atoms with Gasteiger partial charge in [-0.2, -0.15) is 0 Å². The fourth-order valence-corrected chi connectivity index (χ4v) is 3.99. The van der Waals surface area contributed by atoms with E-state index in [2.05, 4.69) is 10.2 Å². The molecule has 1 aromatic carbocycles. The van der Waals surface area contributed by atoms with Crippen molar-refractivity contribution in [2.24, 2.45) is 0 Å². The van der Waals surface area contributed by atoms with E-state index >= 15 is 0 Å². The first-order chi connectivity index (χ1) is 12.5. The molecule has 0 spiro atoms. The highest BCUT2D eigenvalue weighted by Gasteiger charge is 2.44. The Balaban J connectivity index is 1.56. The van der Waals surface area contributed by atoms with E-state index in [9.17, 15) is 19.2 Å². The lowest BCUT2D eigenvalue weighted by Crippen LogP contribution is -2.54. The van der Waals surface area contributed by atoms with Crippen molar-refractivity contribution >= 4 is 23.6 Å². The SMILES string of the molecule is O=C1CCC(N2C(=O)c3ccc(CN4CCCCC4)cc3C2=O)C(=O)N1. The molecule has 3 aliphatic heterocycles. The second kappa shape index (κ2) is 6.64. The molecule has 0 saturated carbocycles. The number of carbonyl (C=O) groups excluding carboxylic acids is 4. The lowest BCUT2D eigenvalue weighted by atomic mass is 10.0. The molecule has 136 valence electrons. The highest BCUT2D eigenvalue weighted by atomic mass is 16.2. The van der Waals surface area contributed by atoms with Crippen LogP contribution >= 0.6 is 0 Å². The van der Waals surface area contributed by atoms with Gasteiger partial charge in [-0.15, -0.1) is 0 Å². The summed E-state index contributed by atoms with van der Waals surface area (Å²) in [5, 5.41) is 2.21. The maximum atomic E-state index is 12.8. The molecule has 1 atom stereocenters. The number of hydrogen-bond acceptors (Lipinski definition) is 5. The third-order valence-corrected chi connectivity index (χ3v) is 5.36. The number of imide groups is 2. The molecule has 0 aromatic heterocycles. The minimum atomic E-state index is -0.911. The minimum Gasteiger partial charge on any atom is -0.299 e. The largest absolute Gasteiger partial charge is 0.299 e. The van der Waals surface area contributed by atoms with Gasteiger partial charge in [0.05, 0.1) is 11.1 Å². The number of carbonyl (C=O) groups is 4. The van der Waals surface area contributed by atoms with Crippen LogP contribution in [0.3, 0.4) is 0 Å². The Kier molecular flexibility index (Phi) is 4.32. The normalized spacial score (nSPS) is 24.0. The van der Waals surface area contributed by atoms with Gasteiger partial charge >= 0.3 is 0 Å². The second-order valence-electron chi connectivity index (χ2n) is 7.16. The summed E-state index contributed by atoms with van der Waals surface area (Å²) in [4.78, 5) is 52.2. The van der Waals surface area contributed by atoms with Gasteiger partial charge in [0.2, 0.25) is 11.8 Å². The van der Waals surface area contributed by atoms with Gasteiger partial charge in [0.15, 0.2) is 0 Å². The van der Waals surface area contributed by atoms with Crippen LogP contribution in [0.15, 0.2) is 18.2 Å². The van der Waals surface area contributed by atoms with Crippen LogP contribution in [0.5, 0.6) is 0 Å². The van der Waals surface area contributed by atoms with E-state index in [4.69, 9.17) is 0 Å². The number of nitrogens with one attached hydrogen (secondary N) is 1. The third-order valence-electron chi connectivity index (χ3n) is 5.36. The van der Waals surface area contributed by atoms with Gasteiger partial charge in [0.25, 0.3) is 11.8 Å². The van der Waals surface area contributed by atoms with Crippen LogP contribution in [0.2, 0.25) is 0 Å². The molecular formula is C19H21N3O4. The van der Waals surface area contributed by atoms with Crippen LogP contribution in [0.1, 0.15) is 58.4 Å². The molecular weight excluding hydrogens is 334 g/mol. The Bertz CT molecular complexity index is 798. The first-order valence-electron chi connectivity index (χ1n) is 9.11. The maximum absolute atomic E-state index is 12.8. The van der Waals surface area contributed by atoms with Crippen LogP contribution in [0, 0.1) is 0 Å². The molecule has 3 aliphatic rings. The van der Waals surface area contributed by atoms with Crippen molar-refractivity contribution < 1.29 is 19.2 Å². The van der Waals surface area contributed by atoms with Crippen molar-refractivity contribution in [3.63, 3.8) is 0 Å². The molecule has 4 rings (SSSR count). The van der Waals surface area contributed by atoms with Crippen LogP contribution in [-0.2, 0) is 16.1 Å². The van der Waals surface area contributed by atoms with Gasteiger partial charge in [0, 0.05) is 13.0 Å². The van der Waals surface area contributed by atoms with Crippen LogP contribution in [-0.4, -0.2) is 52.6 Å². The standard InChI is InChI=1S/C19H21N3O4/c23-16-7-6-15(17(24)20-16)22-18(25)13-5-4-12(10-14(13)19(22)26)11-21-8-2-1-3-9-21/h4-5,10,15H,1-3,6-9,11H2,(H,20,23,24). The number of amides is 4. The van der Waals surface area contributed by atoms with E-state index in [1.165, 1.54) is 19.3 Å². The zero-order valence-corrected chi connectivity index (χ0v) is 14.5. The maximum Gasteiger partial charge on any atom is 0.262 e. The highest BCUT2D eigenvalue weighted by Crippen LogP contribution is 2.28. The van der Waals surface area contributed by atoms with E-state index in [-0.39, 0.29) is 18.7 Å². The number of hydrogen-bond donors (Lipinski definition) is 1. The van der Waals surface area contributed by atoms with E-state index in [0.717, 1.165) is 30.1 Å². The summed E-state index contributed by atoms with van der Waals surface area (Å²) in [6.07, 6.45) is 3.94. The van der Waals surface area contributed by atoms with Gasteiger partial charge in [-0.25, -0.2) is 0 Å². The Morgan fingerprint density at radius 1 is 0.962 bits per heavy atom. The van der Waals surface area contributed by atoms with Crippen molar-refractivity contribution in [3.05, 3.63) is 34.9 Å². The predicted molar refractivity (Wildman–Crippen MR) is 92.2 cm³/mol. The van der Waals surface area contributed by atoms with E-state index in [0.29, 0.717) is 11.1 Å². The average molecular weight is 355 g/mol. The number of nitrogens with zero attached hydrogens (tertiary/aromatic N) is 2. The van der Waals surface area contributed by atoms with Crippen molar-refractivity contribution in [2.45, 2.75) is 44.7 Å². The summed E-state index contributed by atoms with van der Waals surface area (Å²) in [7, 11) is 0. The molecule has 1 unspecified atom stereocenters. The summed E-state index contributed by atoms with van der Waals surface area (Å²) in [5.74, 6) is -1.85. The Morgan fingerprint density at radius 3 is 2.42 bits per heavy atom. The van der Waals surface area contributed by atoms with Crippen molar-refractivity contribution in [3.8, 4) is 0 Å². The van der Waals surface area contributed by atoms with Crippen LogP contribution < -0.4 is 5.32 Å². The lowest BCUT2D eigenvalue weighted by Gasteiger charge is -2.27. The van der Waals surface area contributed by atoms with Crippen LogP contribution in [0.4, 0.5) is 0 Å². The Hall–Kier alpha value is -2.54. The first kappa shape index (κ1) is 16.9. The Labute approximate surface area is 151 Å². The Morgan fingerprint density at radius 2 is 1.69 bits per heavy atom. The number of rotatable bonds is 3. The fraction of sp³-hybridized carbons (Fsp3) is 0.474. The van der Waals surface area contributed by atoms with Crippen molar-refractivity contribution in [2.75, 3.05) is 13.1 Å². The average Bonchev–Trinajstić information content (AvgIpc) is 2.87. The van der Waals surface area contributed by atoms with Gasteiger partial charge in [-0.1, -0.05) is 12.5 Å². The van der Waals surface area contributed by atoms with Crippen LogP contribution in [0.25, 0.3) is 0 Å². The quantitative estimate of drug-likeness (QED) is 0.820. The minimum absolute atomic E-state index is 0.129. The first-order valence-corrected chi connectivity index (χ1v) is 9.11. The molecule has 4 amide bonds. The molecule has 7 heteroatoms. The van der Waals surface area contributed by atoms with Gasteiger partial charge in [0.1, 0.15) is 6.04 Å². The second-order valence-corrected chi connectivity index (χ2v) is 7.16. The summed E-state index contributed by atoms with van der Waals surface area (Å²) in [5.41, 5.74) is 1.69. The summed E-state index contributed by atoms with van der Waals surface area (Å²) >= 11 is 0. The smallest absolute Gasteiger partial charge is 0.262 e. The number of fused-ring (bicyclic) bond motifs is 1. The molecule has 1 aromatic rings. The summed E-state index contributed by atoms with van der Waals surface area (Å²) in [6, 6.07) is 4.43. The zero-order valence-electron chi connectivity index (χ0n) is 14.5. The number of piperidine rings is 2. The summed E-state index contributed by atoms with van der Waals surface area (Å²) < 4.78 is 0. The highest BCUT2D eigenvalue weighted by molar-refractivity contribution is 6.23. The molecule has 7 nitrogen and oxygen atoms in total. The topological polar surface area (TPSA) is 86.8 Å². The van der Waals surface area contributed by atoms with Crippen molar-refractivity contribution in [1.29, 1.82) is 0 Å². The fourth-order valence-electron chi connectivity index (χ4n) is 3.99.